The molecule has 0 bridgehead atoms. The first-order valence-electron chi connectivity index (χ1n) is 10.8. The number of benzene rings is 1. The third-order valence-electron chi connectivity index (χ3n) is 5.38. The Kier molecular flexibility index (Phi) is 10.7. The molecule has 0 aromatic heterocycles. The molecule has 7 nitrogen and oxygen atoms in total. The molecule has 0 aliphatic carbocycles. The number of morpholine rings is 1. The molecule has 2 aliphatic heterocycles. The second-order valence-electron chi connectivity index (χ2n) is 7.64. The van der Waals surface area contributed by atoms with Gasteiger partial charge in [0.05, 0.1) is 19.8 Å². The maximum Gasteiger partial charge on any atom is 0.225 e. The van der Waals surface area contributed by atoms with Gasteiger partial charge in [0.2, 0.25) is 5.91 Å². The summed E-state index contributed by atoms with van der Waals surface area (Å²) in [5, 5.41) is 3.39. The zero-order chi connectivity index (χ0) is 20.5. The van der Waals surface area contributed by atoms with Gasteiger partial charge in [0.25, 0.3) is 0 Å². The lowest BCUT2D eigenvalue weighted by Gasteiger charge is -2.36. The van der Waals surface area contributed by atoms with E-state index in [1.807, 2.05) is 42.2 Å². The largest absolute Gasteiger partial charge is 0.489 e. The van der Waals surface area contributed by atoms with E-state index < -0.39 is 0 Å². The Balaban J connectivity index is 0.00000320. The fourth-order valence-corrected chi connectivity index (χ4v) is 3.79. The van der Waals surface area contributed by atoms with E-state index in [9.17, 15) is 4.79 Å². The first-order valence-corrected chi connectivity index (χ1v) is 10.8. The average molecular weight is 530 g/mol. The minimum absolute atomic E-state index is 0. The molecule has 3 rings (SSSR count). The van der Waals surface area contributed by atoms with Crippen molar-refractivity contribution < 1.29 is 14.3 Å². The highest BCUT2D eigenvalue weighted by Gasteiger charge is 2.30. The van der Waals surface area contributed by atoms with Crippen LogP contribution in [0.5, 0.6) is 5.75 Å². The fraction of sp³-hybridized carbons (Fsp3) is 0.636. The van der Waals surface area contributed by atoms with Crippen LogP contribution in [0.15, 0.2) is 35.3 Å². The van der Waals surface area contributed by atoms with E-state index in [1.54, 1.807) is 0 Å². The topological polar surface area (TPSA) is 66.4 Å². The number of hydrogen-bond acceptors (Lipinski definition) is 4. The molecule has 2 aliphatic rings. The normalized spacial score (nSPS) is 19.1. The average Bonchev–Trinajstić information content (AvgIpc) is 2.77. The maximum atomic E-state index is 12.7. The molecule has 2 heterocycles. The lowest BCUT2D eigenvalue weighted by atomic mass is 9.95. The van der Waals surface area contributed by atoms with Gasteiger partial charge in [0, 0.05) is 38.6 Å². The molecule has 1 unspecified atom stereocenters. The number of guanidine groups is 1. The Hall–Kier alpha value is -1.55. The highest BCUT2D eigenvalue weighted by Crippen LogP contribution is 2.20. The van der Waals surface area contributed by atoms with Crippen LogP contribution in [0.1, 0.15) is 26.7 Å². The molecule has 30 heavy (non-hydrogen) atoms. The van der Waals surface area contributed by atoms with Gasteiger partial charge in [-0.05, 0) is 38.8 Å². The van der Waals surface area contributed by atoms with E-state index in [2.05, 4.69) is 17.1 Å². The van der Waals surface area contributed by atoms with Gasteiger partial charge >= 0.3 is 0 Å². The molecule has 1 atom stereocenters. The summed E-state index contributed by atoms with van der Waals surface area (Å²) in [6.45, 7) is 9.98. The number of hydrogen-bond donors (Lipinski definition) is 1. The van der Waals surface area contributed by atoms with E-state index in [0.717, 1.165) is 57.3 Å². The lowest BCUT2D eigenvalue weighted by Crippen LogP contribution is -2.50. The number of halogens is 1. The fourth-order valence-electron chi connectivity index (χ4n) is 3.79. The summed E-state index contributed by atoms with van der Waals surface area (Å²) in [7, 11) is 0. The summed E-state index contributed by atoms with van der Waals surface area (Å²) in [5.74, 6) is 2.18. The number of rotatable bonds is 6. The number of aliphatic imine (C=N–C) groups is 1. The Morgan fingerprint density at radius 2 is 1.83 bits per heavy atom. The van der Waals surface area contributed by atoms with Crippen molar-refractivity contribution in [3.8, 4) is 5.75 Å². The smallest absolute Gasteiger partial charge is 0.225 e. The first kappa shape index (κ1) is 24.7. The van der Waals surface area contributed by atoms with Crippen molar-refractivity contribution in [1.82, 2.24) is 15.1 Å². The number of amides is 1. The number of piperidine rings is 1. The van der Waals surface area contributed by atoms with Crippen molar-refractivity contribution in [2.45, 2.75) is 32.8 Å². The van der Waals surface area contributed by atoms with Gasteiger partial charge in [0.1, 0.15) is 11.9 Å². The number of carbonyl (C=O) groups is 1. The van der Waals surface area contributed by atoms with Gasteiger partial charge in [-0.25, -0.2) is 4.99 Å². The van der Waals surface area contributed by atoms with Crippen LogP contribution in [0, 0.1) is 5.92 Å². The van der Waals surface area contributed by atoms with E-state index in [0.29, 0.717) is 25.7 Å². The van der Waals surface area contributed by atoms with E-state index >= 15 is 0 Å². The number of likely N-dealkylation sites (tertiary alicyclic amines) is 1. The van der Waals surface area contributed by atoms with Gasteiger partial charge in [-0.1, -0.05) is 18.2 Å². The van der Waals surface area contributed by atoms with Crippen molar-refractivity contribution in [2.24, 2.45) is 10.9 Å². The van der Waals surface area contributed by atoms with Crippen molar-refractivity contribution in [2.75, 3.05) is 52.5 Å². The predicted molar refractivity (Wildman–Crippen MR) is 130 cm³/mol. The maximum absolute atomic E-state index is 12.7. The number of nitrogens with one attached hydrogen (secondary N) is 1. The third kappa shape index (κ3) is 7.30. The molecular formula is C22H35IN4O3. The van der Waals surface area contributed by atoms with Crippen LogP contribution in [0.2, 0.25) is 0 Å². The molecule has 0 radical (unpaired) electrons. The van der Waals surface area contributed by atoms with Crippen molar-refractivity contribution in [3.05, 3.63) is 30.3 Å². The van der Waals surface area contributed by atoms with Crippen LogP contribution in [0.25, 0.3) is 0 Å². The van der Waals surface area contributed by atoms with Crippen molar-refractivity contribution >= 4 is 35.8 Å². The zero-order valence-corrected chi connectivity index (χ0v) is 20.4. The minimum atomic E-state index is -0.00788. The Bertz CT molecular complexity index is 660. The van der Waals surface area contributed by atoms with E-state index in [4.69, 9.17) is 14.5 Å². The molecule has 1 amide bonds. The molecule has 8 heteroatoms. The minimum Gasteiger partial charge on any atom is -0.489 e. The standard InChI is InChI=1S/C22H34N4O3.HI/c1-3-23-22(24-17-18(2)29-20-7-5-4-6-8-20)26-11-9-19(10-12-26)21(27)25-13-15-28-16-14-25;/h4-8,18-19H,3,9-17H2,1-2H3,(H,23,24);1H. The summed E-state index contributed by atoms with van der Waals surface area (Å²) in [5.41, 5.74) is 0. The molecule has 0 spiro atoms. The predicted octanol–water partition coefficient (Wildman–Crippen LogP) is 2.61. The molecule has 2 fully saturated rings. The van der Waals surface area contributed by atoms with Gasteiger partial charge in [-0.2, -0.15) is 0 Å². The Labute approximate surface area is 197 Å². The summed E-state index contributed by atoms with van der Waals surface area (Å²) in [6, 6.07) is 9.84. The molecule has 1 aromatic carbocycles. The van der Waals surface area contributed by atoms with Crippen LogP contribution in [-0.4, -0.2) is 80.3 Å². The van der Waals surface area contributed by atoms with Crippen LogP contribution in [-0.2, 0) is 9.53 Å². The summed E-state index contributed by atoms with van der Waals surface area (Å²) in [6.07, 6.45) is 1.74. The molecule has 0 saturated carbocycles. The molecule has 1 aromatic rings. The quantitative estimate of drug-likeness (QED) is 0.348. The molecule has 1 N–H and O–H groups in total. The first-order chi connectivity index (χ1) is 14.2. The molecular weight excluding hydrogens is 495 g/mol. The highest BCUT2D eigenvalue weighted by molar-refractivity contribution is 14.0. The Morgan fingerprint density at radius 3 is 2.47 bits per heavy atom. The van der Waals surface area contributed by atoms with Crippen LogP contribution in [0.3, 0.4) is 0 Å². The van der Waals surface area contributed by atoms with Gasteiger partial charge in [-0.3, -0.25) is 4.79 Å². The van der Waals surface area contributed by atoms with Crippen LogP contribution < -0.4 is 10.1 Å². The summed E-state index contributed by atoms with van der Waals surface area (Å²) in [4.78, 5) is 21.8. The summed E-state index contributed by atoms with van der Waals surface area (Å²) >= 11 is 0. The number of para-hydroxylation sites is 1. The second kappa shape index (κ2) is 13.0. The zero-order valence-electron chi connectivity index (χ0n) is 18.1. The number of carbonyl (C=O) groups excluding carboxylic acids is 1. The van der Waals surface area contributed by atoms with Gasteiger partial charge < -0.3 is 24.6 Å². The van der Waals surface area contributed by atoms with Gasteiger partial charge in [-0.15, -0.1) is 24.0 Å². The molecule has 2 saturated heterocycles. The van der Waals surface area contributed by atoms with E-state index in [-0.39, 0.29) is 36.0 Å². The van der Waals surface area contributed by atoms with Crippen molar-refractivity contribution in [3.63, 3.8) is 0 Å². The monoisotopic (exact) mass is 530 g/mol. The SMILES string of the molecule is CCNC(=NCC(C)Oc1ccccc1)N1CCC(C(=O)N2CCOCC2)CC1.I. The third-order valence-corrected chi connectivity index (χ3v) is 5.38. The van der Waals surface area contributed by atoms with E-state index in [1.165, 1.54) is 0 Å². The highest BCUT2D eigenvalue weighted by atomic mass is 127. The summed E-state index contributed by atoms with van der Waals surface area (Å²) < 4.78 is 11.3. The van der Waals surface area contributed by atoms with Crippen LogP contribution >= 0.6 is 24.0 Å². The van der Waals surface area contributed by atoms with Gasteiger partial charge in [0.15, 0.2) is 5.96 Å². The number of nitrogens with zero attached hydrogens (tertiary/aromatic N) is 3. The lowest BCUT2D eigenvalue weighted by molar-refractivity contribution is -0.140. The number of ether oxygens (including phenoxy) is 2. The van der Waals surface area contributed by atoms with Crippen LogP contribution in [0.4, 0.5) is 0 Å². The second-order valence-corrected chi connectivity index (χ2v) is 7.64. The molecule has 168 valence electrons. The Morgan fingerprint density at radius 1 is 1.17 bits per heavy atom. The van der Waals surface area contributed by atoms with Crippen molar-refractivity contribution in [1.29, 1.82) is 0 Å².